The molecule has 1 fully saturated rings. The highest BCUT2D eigenvalue weighted by molar-refractivity contribution is 5.67. The summed E-state index contributed by atoms with van der Waals surface area (Å²) < 4.78 is 5.30. The second-order valence-electron chi connectivity index (χ2n) is 5.34. The van der Waals surface area contributed by atoms with Crippen molar-refractivity contribution < 1.29 is 9.45 Å². The third kappa shape index (κ3) is 2.78. The predicted molar refractivity (Wildman–Crippen MR) is 75.6 cm³/mol. The fourth-order valence-corrected chi connectivity index (χ4v) is 2.70. The molecule has 0 atom stereocenters. The Morgan fingerprint density at radius 1 is 1.24 bits per heavy atom. The maximum absolute atomic E-state index is 11.0. The highest BCUT2D eigenvalue weighted by atomic mass is 16.6. The average molecular weight is 288 g/mol. The molecule has 0 aliphatic heterocycles. The third-order valence-corrected chi connectivity index (χ3v) is 3.90. The molecule has 110 valence electrons. The van der Waals surface area contributed by atoms with Crippen molar-refractivity contribution in [1.82, 2.24) is 10.1 Å². The Balaban J connectivity index is 1.87. The number of hydrogen-bond donors (Lipinski definition) is 1. The minimum absolute atomic E-state index is 0.0180. The van der Waals surface area contributed by atoms with E-state index in [1.54, 1.807) is 18.2 Å². The van der Waals surface area contributed by atoms with E-state index in [9.17, 15) is 10.1 Å². The van der Waals surface area contributed by atoms with Crippen LogP contribution in [-0.2, 0) is 0 Å². The van der Waals surface area contributed by atoms with E-state index in [4.69, 9.17) is 10.3 Å². The Kier molecular flexibility index (Phi) is 3.66. The van der Waals surface area contributed by atoms with E-state index in [0.29, 0.717) is 11.5 Å². The van der Waals surface area contributed by atoms with Gasteiger partial charge in [0.2, 0.25) is 11.7 Å². The van der Waals surface area contributed by atoms with Crippen LogP contribution in [0, 0.1) is 10.1 Å². The van der Waals surface area contributed by atoms with Crippen molar-refractivity contribution in [2.24, 2.45) is 5.73 Å². The molecule has 1 aliphatic carbocycles. The van der Waals surface area contributed by atoms with Gasteiger partial charge in [0.05, 0.1) is 4.92 Å². The van der Waals surface area contributed by atoms with Gasteiger partial charge in [0.15, 0.2) is 0 Å². The zero-order chi connectivity index (χ0) is 14.8. The summed E-state index contributed by atoms with van der Waals surface area (Å²) in [6.07, 6.45) is 3.71. The summed E-state index contributed by atoms with van der Waals surface area (Å²) in [5.74, 6) is 1.02. The van der Waals surface area contributed by atoms with E-state index in [2.05, 4.69) is 10.1 Å². The highest BCUT2D eigenvalue weighted by Gasteiger charge is 2.26. The van der Waals surface area contributed by atoms with E-state index in [0.717, 1.165) is 25.7 Å². The predicted octanol–water partition coefficient (Wildman–Crippen LogP) is 2.63. The highest BCUT2D eigenvalue weighted by Crippen LogP contribution is 2.33. The summed E-state index contributed by atoms with van der Waals surface area (Å²) in [6.45, 7) is 0. The number of nitrogens with two attached hydrogens (primary N) is 1. The van der Waals surface area contributed by atoms with Gasteiger partial charge in [0, 0.05) is 18.0 Å². The van der Waals surface area contributed by atoms with Crippen LogP contribution in [0.15, 0.2) is 28.8 Å². The molecule has 1 aromatic heterocycles. The van der Waals surface area contributed by atoms with Crippen molar-refractivity contribution in [3.8, 4) is 11.4 Å². The fraction of sp³-hybridized carbons (Fsp3) is 0.429. The molecule has 7 heteroatoms. The van der Waals surface area contributed by atoms with Crippen molar-refractivity contribution in [3.63, 3.8) is 0 Å². The first-order valence-electron chi connectivity index (χ1n) is 6.98. The zero-order valence-electron chi connectivity index (χ0n) is 11.4. The maximum Gasteiger partial charge on any atom is 0.280 e. The van der Waals surface area contributed by atoms with Gasteiger partial charge in [0.1, 0.15) is 5.56 Å². The van der Waals surface area contributed by atoms with Gasteiger partial charge in [-0.3, -0.25) is 10.1 Å². The number of hydrogen-bond acceptors (Lipinski definition) is 6. The Hall–Kier alpha value is -2.28. The quantitative estimate of drug-likeness (QED) is 0.687. The lowest BCUT2D eigenvalue weighted by molar-refractivity contribution is -0.384. The molecule has 3 rings (SSSR count). The van der Waals surface area contributed by atoms with E-state index in [1.165, 1.54) is 6.07 Å². The standard InChI is InChI=1S/C14H16N4O3/c15-10-7-5-9(6-8-10)14-16-13(17-21-14)11-3-1-2-4-12(11)18(19)20/h1-4,9-10H,5-8,15H2. The van der Waals surface area contributed by atoms with Gasteiger partial charge in [0.25, 0.3) is 5.69 Å². The fourth-order valence-electron chi connectivity index (χ4n) is 2.70. The normalized spacial score (nSPS) is 22.1. The third-order valence-electron chi connectivity index (χ3n) is 3.90. The van der Waals surface area contributed by atoms with E-state index in [1.807, 2.05) is 0 Å². The minimum Gasteiger partial charge on any atom is -0.339 e. The molecule has 0 amide bonds. The van der Waals surface area contributed by atoms with Gasteiger partial charge in [-0.25, -0.2) is 0 Å². The first-order valence-corrected chi connectivity index (χ1v) is 6.98. The van der Waals surface area contributed by atoms with Gasteiger partial charge < -0.3 is 10.3 Å². The molecule has 1 saturated carbocycles. The van der Waals surface area contributed by atoms with Crippen molar-refractivity contribution in [1.29, 1.82) is 0 Å². The van der Waals surface area contributed by atoms with Crippen molar-refractivity contribution in [3.05, 3.63) is 40.3 Å². The van der Waals surface area contributed by atoms with Crippen LogP contribution in [0.2, 0.25) is 0 Å². The second kappa shape index (κ2) is 5.61. The van der Waals surface area contributed by atoms with Gasteiger partial charge in [-0.1, -0.05) is 17.3 Å². The number of benzene rings is 1. The molecule has 1 aliphatic rings. The Labute approximate surface area is 121 Å². The first-order chi connectivity index (χ1) is 10.1. The van der Waals surface area contributed by atoms with Crippen LogP contribution in [-0.4, -0.2) is 21.1 Å². The Morgan fingerprint density at radius 2 is 1.95 bits per heavy atom. The molecular formula is C14H16N4O3. The monoisotopic (exact) mass is 288 g/mol. The molecule has 0 bridgehead atoms. The van der Waals surface area contributed by atoms with Crippen LogP contribution in [0.5, 0.6) is 0 Å². The number of rotatable bonds is 3. The topological polar surface area (TPSA) is 108 Å². The van der Waals surface area contributed by atoms with Gasteiger partial charge in [-0.05, 0) is 31.7 Å². The molecule has 0 radical (unpaired) electrons. The van der Waals surface area contributed by atoms with Crippen molar-refractivity contribution in [2.75, 3.05) is 0 Å². The van der Waals surface area contributed by atoms with Crippen molar-refractivity contribution in [2.45, 2.75) is 37.6 Å². The summed E-state index contributed by atoms with van der Waals surface area (Å²) in [6, 6.07) is 6.65. The molecule has 0 saturated heterocycles. The summed E-state index contributed by atoms with van der Waals surface area (Å²) in [4.78, 5) is 15.0. The Bertz CT molecular complexity index is 647. The van der Waals surface area contributed by atoms with Crippen LogP contribution < -0.4 is 5.73 Å². The van der Waals surface area contributed by atoms with Crippen LogP contribution in [0.4, 0.5) is 5.69 Å². The lowest BCUT2D eigenvalue weighted by Gasteiger charge is -2.22. The van der Waals surface area contributed by atoms with Crippen LogP contribution >= 0.6 is 0 Å². The second-order valence-corrected chi connectivity index (χ2v) is 5.34. The summed E-state index contributed by atoms with van der Waals surface area (Å²) in [5, 5.41) is 14.9. The summed E-state index contributed by atoms with van der Waals surface area (Å²) >= 11 is 0. The van der Waals surface area contributed by atoms with Gasteiger partial charge in [-0.2, -0.15) is 4.98 Å². The number of aromatic nitrogens is 2. The minimum atomic E-state index is -0.439. The smallest absolute Gasteiger partial charge is 0.280 e. The van der Waals surface area contributed by atoms with Gasteiger partial charge >= 0.3 is 0 Å². The first kappa shape index (κ1) is 13.7. The Morgan fingerprint density at radius 3 is 2.67 bits per heavy atom. The largest absolute Gasteiger partial charge is 0.339 e. The molecule has 0 unspecified atom stereocenters. The molecule has 2 N–H and O–H groups in total. The lowest BCUT2D eigenvalue weighted by atomic mass is 9.86. The molecule has 2 aromatic rings. The van der Waals surface area contributed by atoms with Gasteiger partial charge in [-0.15, -0.1) is 0 Å². The maximum atomic E-state index is 11.0. The lowest BCUT2D eigenvalue weighted by Crippen LogP contribution is -2.25. The molecular weight excluding hydrogens is 272 g/mol. The zero-order valence-corrected chi connectivity index (χ0v) is 11.4. The van der Waals surface area contributed by atoms with E-state index < -0.39 is 4.92 Å². The molecule has 7 nitrogen and oxygen atoms in total. The summed E-state index contributed by atoms with van der Waals surface area (Å²) in [7, 11) is 0. The number of nitro benzene ring substituents is 1. The molecule has 1 aromatic carbocycles. The molecule has 21 heavy (non-hydrogen) atoms. The number of nitro groups is 1. The van der Waals surface area contributed by atoms with Crippen LogP contribution in [0.3, 0.4) is 0 Å². The summed E-state index contributed by atoms with van der Waals surface area (Å²) in [5.41, 5.74) is 6.24. The molecule has 0 spiro atoms. The van der Waals surface area contributed by atoms with E-state index in [-0.39, 0.29) is 23.5 Å². The van der Waals surface area contributed by atoms with Crippen LogP contribution in [0.1, 0.15) is 37.5 Å². The number of nitrogens with zero attached hydrogens (tertiary/aromatic N) is 3. The van der Waals surface area contributed by atoms with Crippen LogP contribution in [0.25, 0.3) is 11.4 Å². The van der Waals surface area contributed by atoms with E-state index >= 15 is 0 Å². The average Bonchev–Trinajstić information content (AvgIpc) is 2.97. The SMILES string of the molecule is NC1CCC(c2nc(-c3ccccc3[N+](=O)[O-])no2)CC1. The van der Waals surface area contributed by atoms with Crippen molar-refractivity contribution >= 4 is 5.69 Å². The number of para-hydroxylation sites is 1. The molecule has 1 heterocycles.